The average molecular weight is 430 g/mol. The molecule has 4 aromatic heterocycles. The van der Waals surface area contributed by atoms with Crippen LogP contribution in [0.1, 0.15) is 30.1 Å². The van der Waals surface area contributed by atoms with Crippen molar-refractivity contribution >= 4 is 17.3 Å². The highest BCUT2D eigenvalue weighted by atomic mass is 32.2. The lowest BCUT2D eigenvalue weighted by Crippen LogP contribution is -2.32. The molecule has 8 heteroatoms. The maximum Gasteiger partial charge on any atom is 0.103 e. The zero-order valence-electron chi connectivity index (χ0n) is 17.6. The first-order valence-corrected chi connectivity index (χ1v) is 11.2. The topological polar surface area (TPSA) is 75.0 Å². The van der Waals surface area contributed by atoms with Crippen molar-refractivity contribution in [2.75, 3.05) is 20.1 Å². The Balaban J connectivity index is 1.57. The molecule has 1 aliphatic rings. The first kappa shape index (κ1) is 19.8. The minimum absolute atomic E-state index is 0.436. The molecule has 0 unspecified atom stereocenters. The summed E-state index contributed by atoms with van der Waals surface area (Å²) in [5.74, 6) is 0. The molecule has 0 N–H and O–H groups in total. The fourth-order valence-corrected chi connectivity index (χ4v) is 5.20. The summed E-state index contributed by atoms with van der Waals surface area (Å²) in [4.78, 5) is 7.77. The van der Waals surface area contributed by atoms with E-state index in [0.29, 0.717) is 11.6 Å². The van der Waals surface area contributed by atoms with E-state index in [-0.39, 0.29) is 0 Å². The lowest BCUT2D eigenvalue weighted by Gasteiger charge is -2.29. The van der Waals surface area contributed by atoms with Gasteiger partial charge in [-0.3, -0.25) is 4.68 Å². The Bertz CT molecular complexity index is 1260. The van der Waals surface area contributed by atoms with E-state index in [0.717, 1.165) is 58.2 Å². The molecule has 0 aromatic carbocycles. The van der Waals surface area contributed by atoms with Crippen LogP contribution in [-0.4, -0.2) is 49.4 Å². The molecule has 4 aromatic rings. The number of hydrogen-bond acceptors (Lipinski definition) is 6. The third-order valence-corrected chi connectivity index (χ3v) is 6.92. The number of piperidine rings is 1. The number of rotatable bonds is 4. The standard InChI is InChI=1S/C23H23N7S/c1-16-20(14-27-30(16)19-6-9-28(2)10-7-19)17-11-21(31-22-5-3-4-8-25-22)23-18(12-24)13-26-29(23)15-17/h3-5,8,11,13-15,19H,6-7,9-10H2,1-2H3. The highest BCUT2D eigenvalue weighted by Crippen LogP contribution is 2.36. The molecule has 5 heterocycles. The normalized spacial score (nSPS) is 15.4. The largest absolute Gasteiger partial charge is 0.306 e. The second-order valence-electron chi connectivity index (χ2n) is 7.95. The Morgan fingerprint density at radius 2 is 2.00 bits per heavy atom. The van der Waals surface area contributed by atoms with Gasteiger partial charge >= 0.3 is 0 Å². The average Bonchev–Trinajstić information content (AvgIpc) is 3.38. The summed E-state index contributed by atoms with van der Waals surface area (Å²) < 4.78 is 3.98. The van der Waals surface area contributed by atoms with E-state index in [1.165, 1.54) is 0 Å². The van der Waals surface area contributed by atoms with Crippen LogP contribution in [0.15, 0.2) is 59.0 Å². The first-order chi connectivity index (χ1) is 15.1. The van der Waals surface area contributed by atoms with E-state index < -0.39 is 0 Å². The second kappa shape index (κ2) is 8.17. The van der Waals surface area contributed by atoms with Gasteiger partial charge in [0.1, 0.15) is 11.1 Å². The lowest BCUT2D eigenvalue weighted by atomic mass is 10.0. The van der Waals surface area contributed by atoms with Crippen molar-refractivity contribution in [1.82, 2.24) is 29.3 Å². The molecule has 31 heavy (non-hydrogen) atoms. The van der Waals surface area contributed by atoms with Crippen molar-refractivity contribution in [3.05, 3.63) is 60.3 Å². The Morgan fingerprint density at radius 3 is 2.74 bits per heavy atom. The van der Waals surface area contributed by atoms with Gasteiger partial charge < -0.3 is 4.90 Å². The van der Waals surface area contributed by atoms with Crippen LogP contribution in [0.5, 0.6) is 0 Å². The minimum atomic E-state index is 0.436. The van der Waals surface area contributed by atoms with Crippen molar-refractivity contribution in [2.45, 2.75) is 35.7 Å². The summed E-state index contributed by atoms with van der Waals surface area (Å²) in [7, 11) is 2.17. The van der Waals surface area contributed by atoms with Crippen LogP contribution in [0.3, 0.4) is 0 Å². The van der Waals surface area contributed by atoms with Gasteiger partial charge in [-0.05, 0) is 58.1 Å². The molecular weight excluding hydrogens is 406 g/mol. The molecule has 7 nitrogen and oxygen atoms in total. The van der Waals surface area contributed by atoms with E-state index in [1.807, 2.05) is 30.6 Å². The Kier molecular flexibility index (Phi) is 5.22. The summed E-state index contributed by atoms with van der Waals surface area (Å²) in [5.41, 5.74) is 4.66. The molecule has 0 bridgehead atoms. The molecule has 1 fully saturated rings. The summed E-state index contributed by atoms with van der Waals surface area (Å²) in [6.45, 7) is 4.33. The van der Waals surface area contributed by atoms with Crippen LogP contribution in [0, 0.1) is 18.3 Å². The lowest BCUT2D eigenvalue weighted by molar-refractivity contribution is 0.210. The molecule has 0 radical (unpaired) electrons. The Labute approximate surface area is 185 Å². The van der Waals surface area contributed by atoms with Gasteiger partial charge in [-0.2, -0.15) is 15.5 Å². The van der Waals surface area contributed by atoms with Crippen molar-refractivity contribution < 1.29 is 0 Å². The van der Waals surface area contributed by atoms with Crippen molar-refractivity contribution in [1.29, 1.82) is 5.26 Å². The number of pyridine rings is 2. The predicted octanol–water partition coefficient (Wildman–Crippen LogP) is 4.19. The van der Waals surface area contributed by atoms with Gasteiger partial charge in [0.15, 0.2) is 0 Å². The van der Waals surface area contributed by atoms with E-state index in [2.05, 4.69) is 45.8 Å². The molecule has 1 aliphatic heterocycles. The molecule has 0 aliphatic carbocycles. The third-order valence-electron chi connectivity index (χ3n) is 5.94. The fourth-order valence-electron chi connectivity index (χ4n) is 4.23. The maximum absolute atomic E-state index is 9.57. The zero-order chi connectivity index (χ0) is 21.4. The molecule has 0 amide bonds. The van der Waals surface area contributed by atoms with Gasteiger partial charge in [-0.1, -0.05) is 17.8 Å². The number of hydrogen-bond donors (Lipinski definition) is 0. The summed E-state index contributed by atoms with van der Waals surface area (Å²) in [6.07, 6.45) is 9.57. The van der Waals surface area contributed by atoms with Gasteiger partial charge in [0.25, 0.3) is 0 Å². The van der Waals surface area contributed by atoms with Crippen LogP contribution < -0.4 is 0 Å². The number of likely N-dealkylation sites (tertiary alicyclic amines) is 1. The van der Waals surface area contributed by atoms with Crippen LogP contribution >= 0.6 is 11.8 Å². The minimum Gasteiger partial charge on any atom is -0.306 e. The molecule has 156 valence electrons. The van der Waals surface area contributed by atoms with Crippen LogP contribution in [0.2, 0.25) is 0 Å². The molecule has 0 saturated carbocycles. The van der Waals surface area contributed by atoms with Gasteiger partial charge in [-0.15, -0.1) is 0 Å². The quantitative estimate of drug-likeness (QED) is 0.484. The smallest absolute Gasteiger partial charge is 0.103 e. The SMILES string of the molecule is Cc1c(-c2cc(Sc3ccccn3)c3c(C#N)cnn3c2)cnn1C1CCN(C)CC1. The van der Waals surface area contributed by atoms with Gasteiger partial charge in [0.2, 0.25) is 0 Å². The summed E-state index contributed by atoms with van der Waals surface area (Å²) in [6, 6.07) is 10.7. The molecule has 1 saturated heterocycles. The van der Waals surface area contributed by atoms with E-state index >= 15 is 0 Å². The number of fused-ring (bicyclic) bond motifs is 1. The van der Waals surface area contributed by atoms with E-state index in [9.17, 15) is 5.26 Å². The summed E-state index contributed by atoms with van der Waals surface area (Å²) in [5, 5.41) is 19.6. The third kappa shape index (κ3) is 3.71. The second-order valence-corrected chi connectivity index (χ2v) is 9.01. The van der Waals surface area contributed by atoms with Crippen LogP contribution in [0.4, 0.5) is 0 Å². The molecule has 5 rings (SSSR count). The molecular formula is C23H23N7S. The highest BCUT2D eigenvalue weighted by Gasteiger charge is 2.22. The molecule has 0 atom stereocenters. The van der Waals surface area contributed by atoms with Gasteiger partial charge in [0.05, 0.1) is 29.5 Å². The summed E-state index contributed by atoms with van der Waals surface area (Å²) >= 11 is 1.55. The molecule has 0 spiro atoms. The highest BCUT2D eigenvalue weighted by molar-refractivity contribution is 7.99. The van der Waals surface area contributed by atoms with Crippen molar-refractivity contribution in [3.63, 3.8) is 0 Å². The van der Waals surface area contributed by atoms with Crippen LogP contribution in [0.25, 0.3) is 16.6 Å². The van der Waals surface area contributed by atoms with E-state index in [1.54, 1.807) is 28.7 Å². The predicted molar refractivity (Wildman–Crippen MR) is 120 cm³/mol. The van der Waals surface area contributed by atoms with Crippen LogP contribution in [-0.2, 0) is 0 Å². The van der Waals surface area contributed by atoms with Crippen molar-refractivity contribution in [2.24, 2.45) is 0 Å². The number of nitrogens with zero attached hydrogens (tertiary/aromatic N) is 7. The first-order valence-electron chi connectivity index (χ1n) is 10.4. The Hall–Kier alpha value is -3.15. The van der Waals surface area contributed by atoms with E-state index in [4.69, 9.17) is 5.10 Å². The number of nitriles is 1. The van der Waals surface area contributed by atoms with Gasteiger partial charge in [0, 0.05) is 34.1 Å². The zero-order valence-corrected chi connectivity index (χ0v) is 18.4. The number of aromatic nitrogens is 5. The fraction of sp³-hybridized carbons (Fsp3) is 0.304. The maximum atomic E-state index is 9.57. The van der Waals surface area contributed by atoms with Crippen molar-refractivity contribution in [3.8, 4) is 17.2 Å². The Morgan fingerprint density at radius 1 is 1.16 bits per heavy atom. The monoisotopic (exact) mass is 429 g/mol. The van der Waals surface area contributed by atoms with Gasteiger partial charge in [-0.25, -0.2) is 9.50 Å².